The summed E-state index contributed by atoms with van der Waals surface area (Å²) < 4.78 is 12.9. The summed E-state index contributed by atoms with van der Waals surface area (Å²) >= 11 is 0. The van der Waals surface area contributed by atoms with Crippen molar-refractivity contribution >= 4 is 0 Å². The zero-order chi connectivity index (χ0) is 13.8. The summed E-state index contributed by atoms with van der Waals surface area (Å²) in [6.45, 7) is 3.94. The molecule has 0 aliphatic carbocycles. The zero-order valence-corrected chi connectivity index (χ0v) is 11.2. The molecule has 0 amide bonds. The summed E-state index contributed by atoms with van der Waals surface area (Å²) in [7, 11) is 0. The molecule has 1 aromatic carbocycles. The third-order valence-electron chi connectivity index (χ3n) is 3.13. The highest BCUT2D eigenvalue weighted by atomic mass is 19.1. The highest BCUT2D eigenvalue weighted by Gasteiger charge is 2.13. The van der Waals surface area contributed by atoms with Gasteiger partial charge < -0.3 is 5.73 Å². The number of halogens is 1. The van der Waals surface area contributed by atoms with E-state index in [2.05, 4.69) is 10.2 Å². The fraction of sp³-hybridized carbons (Fsp3) is 0.333. The van der Waals surface area contributed by atoms with E-state index in [1.54, 1.807) is 12.1 Å². The van der Waals surface area contributed by atoms with E-state index in [-0.39, 0.29) is 11.9 Å². The molecule has 1 atom stereocenters. The molecule has 3 nitrogen and oxygen atoms in total. The molecule has 4 heteroatoms. The lowest BCUT2D eigenvalue weighted by Gasteiger charge is -2.15. The predicted molar refractivity (Wildman–Crippen MR) is 73.2 cm³/mol. The molecule has 100 valence electrons. The maximum absolute atomic E-state index is 12.9. The minimum absolute atomic E-state index is 0.144. The van der Waals surface area contributed by atoms with Crippen LogP contribution >= 0.6 is 0 Å². The maximum atomic E-state index is 12.9. The largest absolute Gasteiger partial charge is 0.324 e. The molecule has 0 aliphatic rings. The van der Waals surface area contributed by atoms with Crippen LogP contribution in [0.25, 0.3) is 0 Å². The second-order valence-corrected chi connectivity index (χ2v) is 4.68. The minimum Gasteiger partial charge on any atom is -0.324 e. The van der Waals surface area contributed by atoms with E-state index in [1.165, 1.54) is 12.1 Å². The minimum atomic E-state index is -0.229. The van der Waals surface area contributed by atoms with Crippen molar-refractivity contribution in [3.05, 3.63) is 58.7 Å². The molecule has 2 rings (SSSR count). The number of aryl methyl sites for hydroxylation is 2. The monoisotopic (exact) mass is 259 g/mol. The Kier molecular flexibility index (Phi) is 4.22. The van der Waals surface area contributed by atoms with Crippen LogP contribution in [0, 0.1) is 12.7 Å². The van der Waals surface area contributed by atoms with Crippen LogP contribution < -0.4 is 5.73 Å². The SMILES string of the molecule is CCc1nnc(C)cc1C(N)Cc1ccc(F)cc1. The van der Waals surface area contributed by atoms with Gasteiger partial charge in [0.2, 0.25) is 0 Å². The van der Waals surface area contributed by atoms with Gasteiger partial charge in [-0.25, -0.2) is 4.39 Å². The van der Waals surface area contributed by atoms with E-state index in [0.29, 0.717) is 6.42 Å². The van der Waals surface area contributed by atoms with Crippen LogP contribution in [0.15, 0.2) is 30.3 Å². The van der Waals surface area contributed by atoms with Gasteiger partial charge in [-0.15, -0.1) is 0 Å². The number of rotatable bonds is 4. The Hall–Kier alpha value is -1.81. The van der Waals surface area contributed by atoms with Gasteiger partial charge in [0, 0.05) is 6.04 Å². The lowest BCUT2D eigenvalue weighted by Crippen LogP contribution is -2.17. The molecule has 0 radical (unpaired) electrons. The molecule has 0 spiro atoms. The fourth-order valence-corrected chi connectivity index (χ4v) is 2.11. The lowest BCUT2D eigenvalue weighted by molar-refractivity contribution is 0.625. The van der Waals surface area contributed by atoms with Crippen molar-refractivity contribution in [1.29, 1.82) is 0 Å². The normalized spacial score (nSPS) is 12.4. The van der Waals surface area contributed by atoms with Crippen LogP contribution in [-0.2, 0) is 12.8 Å². The van der Waals surface area contributed by atoms with Crippen molar-refractivity contribution in [2.45, 2.75) is 32.7 Å². The average Bonchev–Trinajstić information content (AvgIpc) is 2.41. The summed E-state index contributed by atoms with van der Waals surface area (Å²) in [5, 5.41) is 8.24. The van der Waals surface area contributed by atoms with E-state index in [1.807, 2.05) is 19.9 Å². The molecule has 0 bridgehead atoms. The smallest absolute Gasteiger partial charge is 0.123 e. The first-order valence-electron chi connectivity index (χ1n) is 6.43. The van der Waals surface area contributed by atoms with Crippen LogP contribution in [0.5, 0.6) is 0 Å². The van der Waals surface area contributed by atoms with Gasteiger partial charge in [0.15, 0.2) is 0 Å². The Morgan fingerprint density at radius 3 is 2.53 bits per heavy atom. The number of nitrogens with zero attached hydrogens (tertiary/aromatic N) is 2. The molecule has 0 saturated carbocycles. The number of benzene rings is 1. The van der Waals surface area contributed by atoms with E-state index < -0.39 is 0 Å². The molecule has 1 unspecified atom stereocenters. The third kappa shape index (κ3) is 3.35. The quantitative estimate of drug-likeness (QED) is 0.918. The Balaban J connectivity index is 2.21. The molecule has 0 aliphatic heterocycles. The van der Waals surface area contributed by atoms with Gasteiger partial charge in [-0.1, -0.05) is 19.1 Å². The Bertz CT molecular complexity index is 552. The third-order valence-corrected chi connectivity index (χ3v) is 3.13. The van der Waals surface area contributed by atoms with Crippen molar-refractivity contribution in [3.8, 4) is 0 Å². The molecule has 1 heterocycles. The first-order valence-corrected chi connectivity index (χ1v) is 6.43. The lowest BCUT2D eigenvalue weighted by atomic mass is 9.97. The molecule has 1 aromatic heterocycles. The summed E-state index contributed by atoms with van der Waals surface area (Å²) in [5.74, 6) is -0.229. The molecule has 19 heavy (non-hydrogen) atoms. The van der Waals surface area contributed by atoms with Crippen molar-refractivity contribution < 1.29 is 4.39 Å². The zero-order valence-electron chi connectivity index (χ0n) is 11.2. The molecular formula is C15H18FN3. The summed E-state index contributed by atoms with van der Waals surface area (Å²) in [5.41, 5.74) is 10.1. The highest BCUT2D eigenvalue weighted by Crippen LogP contribution is 2.19. The first-order chi connectivity index (χ1) is 9.10. The van der Waals surface area contributed by atoms with Gasteiger partial charge in [0.1, 0.15) is 5.82 Å². The highest BCUT2D eigenvalue weighted by molar-refractivity contribution is 5.27. The van der Waals surface area contributed by atoms with Gasteiger partial charge in [0.05, 0.1) is 11.4 Å². The van der Waals surface area contributed by atoms with Gasteiger partial charge >= 0.3 is 0 Å². The maximum Gasteiger partial charge on any atom is 0.123 e. The summed E-state index contributed by atoms with van der Waals surface area (Å²) in [6, 6.07) is 8.29. The molecule has 2 aromatic rings. The summed E-state index contributed by atoms with van der Waals surface area (Å²) in [6.07, 6.45) is 1.47. The Labute approximate surface area is 112 Å². The molecule has 0 fully saturated rings. The summed E-state index contributed by atoms with van der Waals surface area (Å²) in [4.78, 5) is 0. The van der Waals surface area contributed by atoms with E-state index in [9.17, 15) is 4.39 Å². The van der Waals surface area contributed by atoms with Crippen molar-refractivity contribution in [3.63, 3.8) is 0 Å². The van der Waals surface area contributed by atoms with Gasteiger partial charge in [-0.05, 0) is 49.1 Å². The van der Waals surface area contributed by atoms with Gasteiger partial charge in [0.25, 0.3) is 0 Å². The number of nitrogens with two attached hydrogens (primary N) is 1. The van der Waals surface area contributed by atoms with E-state index >= 15 is 0 Å². The Morgan fingerprint density at radius 1 is 1.21 bits per heavy atom. The van der Waals surface area contributed by atoms with Gasteiger partial charge in [-0.2, -0.15) is 10.2 Å². The molecular weight excluding hydrogens is 241 g/mol. The van der Waals surface area contributed by atoms with Crippen molar-refractivity contribution in [2.75, 3.05) is 0 Å². The van der Waals surface area contributed by atoms with E-state index in [0.717, 1.165) is 28.9 Å². The average molecular weight is 259 g/mol. The van der Waals surface area contributed by atoms with Crippen molar-refractivity contribution in [2.24, 2.45) is 5.73 Å². The fourth-order valence-electron chi connectivity index (χ4n) is 2.11. The van der Waals surface area contributed by atoms with Crippen LogP contribution in [0.2, 0.25) is 0 Å². The van der Waals surface area contributed by atoms with Crippen molar-refractivity contribution in [1.82, 2.24) is 10.2 Å². The standard InChI is InChI=1S/C15H18FN3/c1-3-15-13(8-10(2)18-19-15)14(17)9-11-4-6-12(16)7-5-11/h4-8,14H,3,9,17H2,1-2H3. The van der Waals surface area contributed by atoms with Crippen LogP contribution in [0.4, 0.5) is 4.39 Å². The van der Waals surface area contributed by atoms with Gasteiger partial charge in [-0.3, -0.25) is 0 Å². The number of aromatic nitrogens is 2. The number of hydrogen-bond donors (Lipinski definition) is 1. The second kappa shape index (κ2) is 5.89. The first kappa shape index (κ1) is 13.6. The Morgan fingerprint density at radius 2 is 1.89 bits per heavy atom. The van der Waals surface area contributed by atoms with E-state index in [4.69, 9.17) is 5.73 Å². The van der Waals surface area contributed by atoms with Crippen LogP contribution in [0.3, 0.4) is 0 Å². The van der Waals surface area contributed by atoms with Crippen LogP contribution in [0.1, 0.15) is 35.5 Å². The second-order valence-electron chi connectivity index (χ2n) is 4.68. The number of hydrogen-bond acceptors (Lipinski definition) is 3. The predicted octanol–water partition coefficient (Wildman–Crippen LogP) is 2.73. The molecule has 0 saturated heterocycles. The molecule has 2 N–H and O–H groups in total. The topological polar surface area (TPSA) is 51.8 Å². The van der Waals surface area contributed by atoms with Crippen LogP contribution in [-0.4, -0.2) is 10.2 Å².